The van der Waals surface area contributed by atoms with Crippen LogP contribution in [0.25, 0.3) is 11.0 Å². The Morgan fingerprint density at radius 3 is 2.90 bits per heavy atom. The molecule has 4 amide bonds. The summed E-state index contributed by atoms with van der Waals surface area (Å²) in [6.45, 7) is 2.44. The van der Waals surface area contributed by atoms with E-state index in [0.717, 1.165) is 60.4 Å². The van der Waals surface area contributed by atoms with Gasteiger partial charge in [-0.1, -0.05) is 6.42 Å². The van der Waals surface area contributed by atoms with E-state index >= 15 is 0 Å². The third-order valence-corrected chi connectivity index (χ3v) is 6.39. The molecule has 8 heteroatoms. The van der Waals surface area contributed by atoms with Gasteiger partial charge >= 0.3 is 6.03 Å². The third kappa shape index (κ3) is 3.07. The number of aryl methyl sites for hydroxylation is 2. The third-order valence-electron chi connectivity index (χ3n) is 6.39. The number of imidazole rings is 1. The molecule has 8 nitrogen and oxygen atoms in total. The first-order chi connectivity index (χ1) is 14.0. The van der Waals surface area contributed by atoms with Crippen LogP contribution in [-0.4, -0.2) is 44.4 Å². The van der Waals surface area contributed by atoms with Crippen LogP contribution in [0, 0.1) is 5.92 Å². The van der Waals surface area contributed by atoms with Crippen LogP contribution in [0.1, 0.15) is 44.9 Å². The standard InChI is InChI=1S/C21H25N5O3/c1-21(13-6-7-13)19(28)26(20(29)24-21)12-18(27)22-14-8-9-16-15(11-14)23-17-5-3-2-4-10-25(16)17/h8-9,11,13H,2-7,10,12H2,1H3,(H,22,27)(H,24,29)/t21-/m1/s1. The van der Waals surface area contributed by atoms with Gasteiger partial charge in [-0.25, -0.2) is 9.78 Å². The number of hydrogen-bond acceptors (Lipinski definition) is 4. The average Bonchev–Trinajstić information content (AvgIpc) is 3.48. The van der Waals surface area contributed by atoms with Gasteiger partial charge in [-0.15, -0.1) is 0 Å². The number of anilines is 1. The summed E-state index contributed by atoms with van der Waals surface area (Å²) in [5.41, 5.74) is 1.68. The van der Waals surface area contributed by atoms with Crippen LogP contribution in [0.2, 0.25) is 0 Å². The molecule has 152 valence electrons. The minimum atomic E-state index is -0.871. The molecule has 1 atom stereocenters. The van der Waals surface area contributed by atoms with E-state index in [9.17, 15) is 14.4 Å². The van der Waals surface area contributed by atoms with Crippen molar-refractivity contribution < 1.29 is 14.4 Å². The number of aromatic nitrogens is 2. The lowest BCUT2D eigenvalue weighted by atomic mass is 9.96. The zero-order valence-electron chi connectivity index (χ0n) is 16.5. The number of carbonyl (C=O) groups excluding carboxylic acids is 3. The first-order valence-electron chi connectivity index (χ1n) is 10.4. The highest BCUT2D eigenvalue weighted by Crippen LogP contribution is 2.42. The molecule has 0 spiro atoms. The Morgan fingerprint density at radius 2 is 2.10 bits per heavy atom. The summed E-state index contributed by atoms with van der Waals surface area (Å²) < 4.78 is 2.26. The number of nitrogens with one attached hydrogen (secondary N) is 2. The molecule has 2 aromatic rings. The Bertz CT molecular complexity index is 1020. The summed E-state index contributed by atoms with van der Waals surface area (Å²) in [4.78, 5) is 43.2. The summed E-state index contributed by atoms with van der Waals surface area (Å²) in [6, 6.07) is 5.19. The number of fused-ring (bicyclic) bond motifs is 3. The van der Waals surface area contributed by atoms with Crippen molar-refractivity contribution in [3.63, 3.8) is 0 Å². The summed E-state index contributed by atoms with van der Waals surface area (Å²) in [5.74, 6) is 0.562. The van der Waals surface area contributed by atoms with Crippen molar-refractivity contribution in [1.82, 2.24) is 19.8 Å². The second kappa shape index (κ2) is 6.57. The van der Waals surface area contributed by atoms with E-state index in [-0.39, 0.29) is 18.4 Å². The van der Waals surface area contributed by atoms with Crippen LogP contribution in [0.4, 0.5) is 10.5 Å². The predicted molar refractivity (Wildman–Crippen MR) is 107 cm³/mol. The van der Waals surface area contributed by atoms with E-state index in [2.05, 4.69) is 15.2 Å². The van der Waals surface area contributed by atoms with Crippen LogP contribution in [0.3, 0.4) is 0 Å². The lowest BCUT2D eigenvalue weighted by Gasteiger charge is -2.20. The minimum Gasteiger partial charge on any atom is -0.328 e. The van der Waals surface area contributed by atoms with E-state index in [1.807, 2.05) is 18.2 Å². The van der Waals surface area contributed by atoms with E-state index < -0.39 is 17.5 Å². The molecule has 0 bridgehead atoms. The SMILES string of the molecule is C[C@]1(C2CC2)NC(=O)N(CC(=O)Nc2ccc3c(c2)nc2n3CCCCC2)C1=O. The fraction of sp³-hybridized carbons (Fsp3) is 0.524. The molecular weight excluding hydrogens is 370 g/mol. The van der Waals surface area contributed by atoms with Crippen LogP contribution in [0.15, 0.2) is 18.2 Å². The fourth-order valence-electron chi connectivity index (χ4n) is 4.57. The number of imide groups is 1. The highest BCUT2D eigenvalue weighted by molar-refractivity contribution is 6.10. The lowest BCUT2D eigenvalue weighted by Crippen LogP contribution is -2.46. The first kappa shape index (κ1) is 18.1. The van der Waals surface area contributed by atoms with Crippen LogP contribution in [-0.2, 0) is 22.6 Å². The summed E-state index contributed by atoms with van der Waals surface area (Å²) in [7, 11) is 0. The van der Waals surface area contributed by atoms with Gasteiger partial charge in [0.25, 0.3) is 5.91 Å². The van der Waals surface area contributed by atoms with Crippen molar-refractivity contribution >= 4 is 34.6 Å². The summed E-state index contributed by atoms with van der Waals surface area (Å²) in [6.07, 6.45) is 6.36. The van der Waals surface area contributed by atoms with Crippen molar-refractivity contribution in [3.8, 4) is 0 Å². The van der Waals surface area contributed by atoms with Crippen LogP contribution >= 0.6 is 0 Å². The molecule has 29 heavy (non-hydrogen) atoms. The lowest BCUT2D eigenvalue weighted by molar-refractivity contribution is -0.134. The molecule has 0 unspecified atom stereocenters. The molecular formula is C21H25N5O3. The van der Waals surface area contributed by atoms with Gasteiger partial charge in [-0.2, -0.15) is 0 Å². The van der Waals surface area contributed by atoms with Gasteiger partial charge in [0.15, 0.2) is 0 Å². The quantitative estimate of drug-likeness (QED) is 0.777. The Labute approximate surface area is 168 Å². The van der Waals surface area contributed by atoms with Crippen molar-refractivity contribution in [2.24, 2.45) is 5.92 Å². The summed E-state index contributed by atoms with van der Waals surface area (Å²) >= 11 is 0. The van der Waals surface area contributed by atoms with Crippen molar-refractivity contribution in [2.75, 3.05) is 11.9 Å². The molecule has 0 radical (unpaired) electrons. The van der Waals surface area contributed by atoms with Crippen LogP contribution in [0.5, 0.6) is 0 Å². The number of rotatable bonds is 4. The van der Waals surface area contributed by atoms with Gasteiger partial charge in [0.05, 0.1) is 11.0 Å². The molecule has 3 aliphatic rings. The van der Waals surface area contributed by atoms with Gasteiger partial charge < -0.3 is 15.2 Å². The Balaban J connectivity index is 1.30. The van der Waals surface area contributed by atoms with Gasteiger partial charge in [0.2, 0.25) is 5.91 Å². The van der Waals surface area contributed by atoms with Crippen molar-refractivity contribution in [3.05, 3.63) is 24.0 Å². The Hall–Kier alpha value is -2.90. The molecule has 5 rings (SSSR count). The number of carbonyl (C=O) groups is 3. The minimum absolute atomic E-state index is 0.172. The van der Waals surface area contributed by atoms with E-state index in [4.69, 9.17) is 4.98 Å². The normalized spacial score (nSPS) is 24.4. The van der Waals surface area contributed by atoms with Crippen molar-refractivity contribution in [1.29, 1.82) is 0 Å². The zero-order chi connectivity index (χ0) is 20.2. The van der Waals surface area contributed by atoms with E-state index in [1.54, 1.807) is 6.92 Å². The molecule has 2 N–H and O–H groups in total. The highest BCUT2D eigenvalue weighted by atomic mass is 16.2. The zero-order valence-corrected chi connectivity index (χ0v) is 16.5. The molecule has 2 fully saturated rings. The first-order valence-corrected chi connectivity index (χ1v) is 10.4. The van der Waals surface area contributed by atoms with Gasteiger partial charge in [-0.05, 0) is 56.7 Å². The number of amides is 4. The maximum absolute atomic E-state index is 12.7. The molecule has 2 aliphatic heterocycles. The monoisotopic (exact) mass is 395 g/mol. The smallest absolute Gasteiger partial charge is 0.325 e. The predicted octanol–water partition coefficient (Wildman–Crippen LogP) is 2.42. The number of benzene rings is 1. The second-order valence-corrected chi connectivity index (χ2v) is 8.54. The average molecular weight is 395 g/mol. The Kier molecular flexibility index (Phi) is 4.11. The number of hydrogen-bond donors (Lipinski definition) is 2. The molecule has 3 heterocycles. The number of urea groups is 1. The Morgan fingerprint density at radius 1 is 1.28 bits per heavy atom. The summed E-state index contributed by atoms with van der Waals surface area (Å²) in [5, 5.41) is 5.57. The maximum atomic E-state index is 12.7. The molecule has 1 aromatic carbocycles. The number of nitrogens with zero attached hydrogens (tertiary/aromatic N) is 3. The topological polar surface area (TPSA) is 96.3 Å². The van der Waals surface area contributed by atoms with E-state index in [1.165, 1.54) is 6.42 Å². The highest BCUT2D eigenvalue weighted by Gasteiger charge is 2.56. The fourth-order valence-corrected chi connectivity index (χ4v) is 4.57. The largest absolute Gasteiger partial charge is 0.328 e. The maximum Gasteiger partial charge on any atom is 0.325 e. The molecule has 1 aromatic heterocycles. The van der Waals surface area contributed by atoms with Crippen LogP contribution < -0.4 is 10.6 Å². The van der Waals surface area contributed by atoms with Gasteiger partial charge in [0.1, 0.15) is 17.9 Å². The second-order valence-electron chi connectivity index (χ2n) is 8.54. The molecule has 1 aliphatic carbocycles. The van der Waals surface area contributed by atoms with Gasteiger partial charge in [0, 0.05) is 18.7 Å². The van der Waals surface area contributed by atoms with E-state index in [0.29, 0.717) is 5.69 Å². The molecule has 1 saturated heterocycles. The van der Waals surface area contributed by atoms with Gasteiger partial charge in [-0.3, -0.25) is 14.5 Å². The van der Waals surface area contributed by atoms with Crippen molar-refractivity contribution in [2.45, 2.75) is 57.5 Å². The molecule has 1 saturated carbocycles.